The summed E-state index contributed by atoms with van der Waals surface area (Å²) in [5, 5.41) is 0. The zero-order valence-electron chi connectivity index (χ0n) is 7.88. The van der Waals surface area contributed by atoms with Crippen LogP contribution in [-0.2, 0) is 0 Å². The van der Waals surface area contributed by atoms with E-state index in [9.17, 15) is 0 Å². The highest BCUT2D eigenvalue weighted by Crippen LogP contribution is 2.12. The van der Waals surface area contributed by atoms with E-state index < -0.39 is 0 Å². The lowest BCUT2D eigenvalue weighted by Crippen LogP contribution is -2.16. The van der Waals surface area contributed by atoms with Crippen molar-refractivity contribution >= 4 is 6.21 Å². The Morgan fingerprint density at radius 1 is 1.45 bits per heavy atom. The lowest BCUT2D eigenvalue weighted by molar-refractivity contribution is 0.430. The monoisotopic (exact) mass is 156 g/mol. The molecule has 0 unspecified atom stereocenters. The summed E-state index contributed by atoms with van der Waals surface area (Å²) >= 11 is 0. The molecule has 0 bridgehead atoms. The van der Waals surface area contributed by atoms with Gasteiger partial charge in [0.05, 0.1) is 0 Å². The van der Waals surface area contributed by atoms with E-state index in [1.54, 1.807) is 0 Å². The molecule has 2 nitrogen and oxygen atoms in total. The van der Waals surface area contributed by atoms with Gasteiger partial charge in [-0.2, -0.15) is 0 Å². The summed E-state index contributed by atoms with van der Waals surface area (Å²) in [6, 6.07) is 0. The number of rotatable bonds is 5. The summed E-state index contributed by atoms with van der Waals surface area (Å²) in [7, 11) is 1.81. The molecule has 66 valence electrons. The molecule has 0 rings (SSSR count). The van der Waals surface area contributed by atoms with Crippen molar-refractivity contribution in [2.75, 3.05) is 13.6 Å². The van der Waals surface area contributed by atoms with Crippen molar-refractivity contribution in [3.05, 3.63) is 0 Å². The molecular weight excluding hydrogens is 136 g/mol. The summed E-state index contributed by atoms with van der Waals surface area (Å²) < 4.78 is 0. The predicted octanol–water partition coefficient (Wildman–Crippen LogP) is 1.70. The number of nitrogens with two attached hydrogens (primary N) is 1. The van der Waals surface area contributed by atoms with Gasteiger partial charge in [-0.15, -0.1) is 0 Å². The van der Waals surface area contributed by atoms with Crippen LogP contribution in [0, 0.1) is 11.8 Å². The predicted molar refractivity (Wildman–Crippen MR) is 51.0 cm³/mol. The van der Waals surface area contributed by atoms with Crippen molar-refractivity contribution in [1.29, 1.82) is 0 Å². The minimum Gasteiger partial charge on any atom is -0.330 e. The van der Waals surface area contributed by atoms with Crippen LogP contribution in [0.25, 0.3) is 0 Å². The maximum Gasteiger partial charge on any atom is 0.0273 e. The smallest absolute Gasteiger partial charge is 0.0273 e. The van der Waals surface area contributed by atoms with E-state index in [2.05, 4.69) is 18.8 Å². The Labute approximate surface area is 69.9 Å². The molecule has 0 saturated carbocycles. The van der Waals surface area contributed by atoms with Gasteiger partial charge in [-0.1, -0.05) is 13.8 Å². The van der Waals surface area contributed by atoms with Gasteiger partial charge in [0, 0.05) is 7.05 Å². The maximum atomic E-state index is 5.60. The third-order valence-corrected chi connectivity index (χ3v) is 1.76. The Bertz CT molecular complexity index is 108. The Kier molecular flexibility index (Phi) is 6.13. The van der Waals surface area contributed by atoms with Crippen LogP contribution in [0.4, 0.5) is 0 Å². The fraction of sp³-hybridized carbons (Fsp3) is 0.889. The SMILES string of the molecule is C/N=C/C[C@@H](CN)CC(C)C. The molecule has 2 heteroatoms. The van der Waals surface area contributed by atoms with Gasteiger partial charge < -0.3 is 10.7 Å². The normalized spacial score (nSPS) is 14.6. The van der Waals surface area contributed by atoms with Gasteiger partial charge in [-0.05, 0) is 37.4 Å². The van der Waals surface area contributed by atoms with Crippen molar-refractivity contribution in [3.8, 4) is 0 Å². The van der Waals surface area contributed by atoms with Crippen LogP contribution in [0.15, 0.2) is 4.99 Å². The molecule has 0 fully saturated rings. The second-order valence-electron chi connectivity index (χ2n) is 3.41. The molecule has 1 atom stereocenters. The van der Waals surface area contributed by atoms with E-state index >= 15 is 0 Å². The summed E-state index contributed by atoms with van der Waals surface area (Å²) in [6.07, 6.45) is 4.20. The fourth-order valence-corrected chi connectivity index (χ4v) is 1.21. The van der Waals surface area contributed by atoms with Crippen molar-refractivity contribution in [2.24, 2.45) is 22.6 Å². The standard InChI is InChI=1S/C9H20N2/c1-8(2)6-9(7-10)4-5-11-3/h5,8-9H,4,6-7,10H2,1-3H3/b11-5+/t9-/m1/s1. The van der Waals surface area contributed by atoms with Crippen LogP contribution in [0.2, 0.25) is 0 Å². The number of hydrogen-bond donors (Lipinski definition) is 1. The molecule has 0 heterocycles. The molecule has 0 aliphatic carbocycles. The van der Waals surface area contributed by atoms with E-state index in [-0.39, 0.29) is 0 Å². The second-order valence-corrected chi connectivity index (χ2v) is 3.41. The van der Waals surface area contributed by atoms with Gasteiger partial charge in [0.15, 0.2) is 0 Å². The molecule has 0 aromatic rings. The van der Waals surface area contributed by atoms with E-state index in [0.29, 0.717) is 5.92 Å². The summed E-state index contributed by atoms with van der Waals surface area (Å²) in [5.41, 5.74) is 5.60. The first kappa shape index (κ1) is 10.6. The summed E-state index contributed by atoms with van der Waals surface area (Å²) in [4.78, 5) is 3.95. The lowest BCUT2D eigenvalue weighted by atomic mass is 9.95. The Hall–Kier alpha value is -0.370. The minimum absolute atomic E-state index is 0.624. The summed E-state index contributed by atoms with van der Waals surface area (Å²) in [5.74, 6) is 1.37. The fourth-order valence-electron chi connectivity index (χ4n) is 1.21. The molecular formula is C9H20N2. The van der Waals surface area contributed by atoms with Crippen LogP contribution in [0.1, 0.15) is 26.7 Å². The quantitative estimate of drug-likeness (QED) is 0.604. The molecule has 0 saturated heterocycles. The average molecular weight is 156 g/mol. The lowest BCUT2D eigenvalue weighted by Gasteiger charge is -2.13. The zero-order chi connectivity index (χ0) is 8.69. The van der Waals surface area contributed by atoms with E-state index in [0.717, 1.165) is 18.9 Å². The Balaban J connectivity index is 3.57. The van der Waals surface area contributed by atoms with E-state index in [1.807, 2.05) is 13.3 Å². The van der Waals surface area contributed by atoms with Gasteiger partial charge >= 0.3 is 0 Å². The van der Waals surface area contributed by atoms with Crippen LogP contribution in [-0.4, -0.2) is 19.8 Å². The van der Waals surface area contributed by atoms with Crippen LogP contribution in [0.3, 0.4) is 0 Å². The van der Waals surface area contributed by atoms with Crippen molar-refractivity contribution < 1.29 is 0 Å². The molecule has 0 spiro atoms. The first-order chi connectivity index (χ1) is 5.20. The molecule has 2 N–H and O–H groups in total. The van der Waals surface area contributed by atoms with E-state index in [4.69, 9.17) is 5.73 Å². The van der Waals surface area contributed by atoms with Gasteiger partial charge in [0.2, 0.25) is 0 Å². The van der Waals surface area contributed by atoms with Gasteiger partial charge in [0.1, 0.15) is 0 Å². The number of aliphatic imine (C=N–C) groups is 1. The zero-order valence-corrected chi connectivity index (χ0v) is 7.88. The number of nitrogens with zero attached hydrogens (tertiary/aromatic N) is 1. The second kappa shape index (κ2) is 6.35. The highest BCUT2D eigenvalue weighted by molar-refractivity contribution is 5.57. The topological polar surface area (TPSA) is 38.4 Å². The molecule has 0 aromatic heterocycles. The minimum atomic E-state index is 0.624. The Morgan fingerprint density at radius 2 is 2.09 bits per heavy atom. The molecule has 0 radical (unpaired) electrons. The number of hydrogen-bond acceptors (Lipinski definition) is 2. The summed E-state index contributed by atoms with van der Waals surface area (Å²) in [6.45, 7) is 5.24. The molecule has 0 aromatic carbocycles. The van der Waals surface area contributed by atoms with Gasteiger partial charge in [0.25, 0.3) is 0 Å². The van der Waals surface area contributed by atoms with Crippen LogP contribution in [0.5, 0.6) is 0 Å². The first-order valence-electron chi connectivity index (χ1n) is 4.31. The van der Waals surface area contributed by atoms with Gasteiger partial charge in [-0.25, -0.2) is 0 Å². The van der Waals surface area contributed by atoms with Gasteiger partial charge in [-0.3, -0.25) is 0 Å². The van der Waals surface area contributed by atoms with Crippen molar-refractivity contribution in [2.45, 2.75) is 26.7 Å². The average Bonchev–Trinajstić information content (AvgIpc) is 1.97. The third-order valence-electron chi connectivity index (χ3n) is 1.76. The highest BCUT2D eigenvalue weighted by atomic mass is 14.6. The van der Waals surface area contributed by atoms with E-state index in [1.165, 1.54) is 6.42 Å². The molecule has 0 aliphatic rings. The molecule has 11 heavy (non-hydrogen) atoms. The molecule has 0 aliphatic heterocycles. The maximum absolute atomic E-state index is 5.60. The third kappa shape index (κ3) is 6.05. The van der Waals surface area contributed by atoms with Crippen LogP contribution < -0.4 is 5.73 Å². The Morgan fingerprint density at radius 3 is 2.45 bits per heavy atom. The van der Waals surface area contributed by atoms with Crippen molar-refractivity contribution in [1.82, 2.24) is 0 Å². The van der Waals surface area contributed by atoms with Crippen LogP contribution >= 0.6 is 0 Å². The first-order valence-corrected chi connectivity index (χ1v) is 4.31. The largest absolute Gasteiger partial charge is 0.330 e. The highest BCUT2D eigenvalue weighted by Gasteiger charge is 2.06. The van der Waals surface area contributed by atoms with Crippen molar-refractivity contribution in [3.63, 3.8) is 0 Å². The molecule has 0 amide bonds.